The Balaban J connectivity index is 1.58. The standard InChI is InChI=1S/C21H24N2O3/c24-20(23-13-7-2-8-14-23)16-26-19-12-6-5-11-18(19)21(25)22-15-17-9-3-1-4-10-17/h1,3-6,9-12H,2,7-8,13-16H2,(H,22,25). The summed E-state index contributed by atoms with van der Waals surface area (Å²) in [6.07, 6.45) is 3.27. The summed E-state index contributed by atoms with van der Waals surface area (Å²) in [5.74, 6) is 0.197. The number of nitrogens with one attached hydrogen (secondary N) is 1. The molecule has 1 aliphatic rings. The Bertz CT molecular complexity index is 740. The average molecular weight is 352 g/mol. The van der Waals surface area contributed by atoms with Gasteiger partial charge in [-0.05, 0) is 37.0 Å². The molecule has 0 radical (unpaired) electrons. The van der Waals surface area contributed by atoms with Crippen molar-refractivity contribution in [3.8, 4) is 5.75 Å². The molecule has 1 fully saturated rings. The average Bonchev–Trinajstić information content (AvgIpc) is 2.72. The van der Waals surface area contributed by atoms with Crippen LogP contribution < -0.4 is 10.1 Å². The number of carbonyl (C=O) groups excluding carboxylic acids is 2. The number of rotatable bonds is 6. The van der Waals surface area contributed by atoms with Crippen molar-refractivity contribution in [1.82, 2.24) is 10.2 Å². The van der Waals surface area contributed by atoms with Gasteiger partial charge in [-0.2, -0.15) is 0 Å². The lowest BCUT2D eigenvalue weighted by molar-refractivity contribution is -0.134. The molecular weight excluding hydrogens is 328 g/mol. The number of para-hydroxylation sites is 1. The summed E-state index contributed by atoms with van der Waals surface area (Å²) in [4.78, 5) is 26.6. The van der Waals surface area contributed by atoms with Crippen molar-refractivity contribution >= 4 is 11.8 Å². The molecule has 3 rings (SSSR count). The minimum absolute atomic E-state index is 0.0239. The Labute approximate surface area is 154 Å². The van der Waals surface area contributed by atoms with Gasteiger partial charge in [0, 0.05) is 19.6 Å². The zero-order valence-electron chi connectivity index (χ0n) is 14.8. The summed E-state index contributed by atoms with van der Waals surface area (Å²) in [6.45, 7) is 1.99. The zero-order valence-corrected chi connectivity index (χ0v) is 14.8. The molecule has 136 valence electrons. The van der Waals surface area contributed by atoms with Gasteiger partial charge in [-0.15, -0.1) is 0 Å². The van der Waals surface area contributed by atoms with Gasteiger partial charge >= 0.3 is 0 Å². The van der Waals surface area contributed by atoms with Crippen molar-refractivity contribution < 1.29 is 14.3 Å². The lowest BCUT2D eigenvalue weighted by Crippen LogP contribution is -2.38. The highest BCUT2D eigenvalue weighted by molar-refractivity contribution is 5.97. The third-order valence-corrected chi connectivity index (χ3v) is 4.49. The number of hydrogen-bond donors (Lipinski definition) is 1. The highest BCUT2D eigenvalue weighted by Crippen LogP contribution is 2.18. The number of benzene rings is 2. The number of carbonyl (C=O) groups is 2. The van der Waals surface area contributed by atoms with Crippen molar-refractivity contribution in [1.29, 1.82) is 0 Å². The van der Waals surface area contributed by atoms with Crippen LogP contribution >= 0.6 is 0 Å². The van der Waals surface area contributed by atoms with Gasteiger partial charge in [-0.3, -0.25) is 9.59 Å². The van der Waals surface area contributed by atoms with E-state index in [0.29, 0.717) is 17.9 Å². The lowest BCUT2D eigenvalue weighted by Gasteiger charge is -2.26. The molecule has 5 heteroatoms. The van der Waals surface area contributed by atoms with Gasteiger partial charge in [-0.1, -0.05) is 42.5 Å². The molecule has 0 saturated carbocycles. The minimum Gasteiger partial charge on any atom is -0.483 e. The first-order valence-electron chi connectivity index (χ1n) is 9.06. The zero-order chi connectivity index (χ0) is 18.2. The third kappa shape index (κ3) is 4.85. The fourth-order valence-corrected chi connectivity index (χ4v) is 3.03. The number of amides is 2. The summed E-state index contributed by atoms with van der Waals surface area (Å²) >= 11 is 0. The van der Waals surface area contributed by atoms with Crippen LogP contribution in [0.5, 0.6) is 5.75 Å². The Morgan fingerprint density at radius 2 is 1.62 bits per heavy atom. The number of hydrogen-bond acceptors (Lipinski definition) is 3. The highest BCUT2D eigenvalue weighted by Gasteiger charge is 2.18. The normalized spacial score (nSPS) is 13.9. The maximum Gasteiger partial charge on any atom is 0.260 e. The topological polar surface area (TPSA) is 58.6 Å². The number of likely N-dealkylation sites (tertiary alicyclic amines) is 1. The molecule has 1 heterocycles. The minimum atomic E-state index is -0.213. The molecule has 0 bridgehead atoms. The summed E-state index contributed by atoms with van der Waals surface area (Å²) in [6, 6.07) is 16.7. The lowest BCUT2D eigenvalue weighted by atomic mass is 10.1. The van der Waals surface area contributed by atoms with E-state index < -0.39 is 0 Å². The smallest absolute Gasteiger partial charge is 0.260 e. The maximum atomic E-state index is 12.5. The quantitative estimate of drug-likeness (QED) is 0.869. The van der Waals surface area contributed by atoms with Crippen molar-refractivity contribution in [2.24, 2.45) is 0 Å². The first-order chi connectivity index (χ1) is 12.7. The predicted molar refractivity (Wildman–Crippen MR) is 100.0 cm³/mol. The van der Waals surface area contributed by atoms with Crippen molar-refractivity contribution in [2.75, 3.05) is 19.7 Å². The molecule has 0 aliphatic carbocycles. The van der Waals surface area contributed by atoms with Gasteiger partial charge < -0.3 is 15.0 Å². The first kappa shape index (κ1) is 18.0. The van der Waals surface area contributed by atoms with Crippen LogP contribution in [0.2, 0.25) is 0 Å². The predicted octanol–water partition coefficient (Wildman–Crippen LogP) is 3.01. The third-order valence-electron chi connectivity index (χ3n) is 4.49. The SMILES string of the molecule is O=C(NCc1ccccc1)c1ccccc1OCC(=O)N1CCCCC1. The molecule has 2 amide bonds. The summed E-state index contributed by atoms with van der Waals surface area (Å²) < 4.78 is 5.67. The van der Waals surface area contributed by atoms with E-state index in [2.05, 4.69) is 5.32 Å². The van der Waals surface area contributed by atoms with Crippen LogP contribution in [0, 0.1) is 0 Å². The van der Waals surface area contributed by atoms with E-state index in [-0.39, 0.29) is 18.4 Å². The molecule has 0 spiro atoms. The van der Waals surface area contributed by atoms with Crippen LogP contribution in [0.4, 0.5) is 0 Å². The first-order valence-corrected chi connectivity index (χ1v) is 9.06. The molecule has 0 unspecified atom stereocenters. The van der Waals surface area contributed by atoms with Crippen LogP contribution in [0.15, 0.2) is 54.6 Å². The Kier molecular flexibility index (Phi) is 6.25. The van der Waals surface area contributed by atoms with Gasteiger partial charge in [0.15, 0.2) is 6.61 Å². The monoisotopic (exact) mass is 352 g/mol. The second-order valence-corrected chi connectivity index (χ2v) is 6.39. The van der Waals surface area contributed by atoms with Crippen LogP contribution in [-0.4, -0.2) is 36.4 Å². The summed E-state index contributed by atoms with van der Waals surface area (Å²) in [5.41, 5.74) is 1.47. The molecule has 1 saturated heterocycles. The van der Waals surface area contributed by atoms with Crippen molar-refractivity contribution in [3.63, 3.8) is 0 Å². The number of ether oxygens (including phenoxy) is 1. The van der Waals surface area contributed by atoms with Gasteiger partial charge in [0.2, 0.25) is 0 Å². The molecule has 2 aromatic carbocycles. The highest BCUT2D eigenvalue weighted by atomic mass is 16.5. The molecule has 1 N–H and O–H groups in total. The van der Waals surface area contributed by atoms with Gasteiger partial charge in [-0.25, -0.2) is 0 Å². The van der Waals surface area contributed by atoms with Gasteiger partial charge in [0.25, 0.3) is 11.8 Å². The van der Waals surface area contributed by atoms with E-state index in [9.17, 15) is 9.59 Å². The molecule has 0 atom stereocenters. The van der Waals surface area contributed by atoms with E-state index >= 15 is 0 Å². The van der Waals surface area contributed by atoms with Crippen molar-refractivity contribution in [3.05, 3.63) is 65.7 Å². The van der Waals surface area contributed by atoms with Crippen LogP contribution in [0.1, 0.15) is 35.2 Å². The fourth-order valence-electron chi connectivity index (χ4n) is 3.03. The summed E-state index contributed by atoms with van der Waals surface area (Å²) in [5, 5.41) is 2.89. The second-order valence-electron chi connectivity index (χ2n) is 6.39. The Morgan fingerprint density at radius 3 is 2.38 bits per heavy atom. The van der Waals surface area contributed by atoms with E-state index in [1.165, 1.54) is 6.42 Å². The van der Waals surface area contributed by atoms with E-state index in [0.717, 1.165) is 31.5 Å². The number of piperidine rings is 1. The van der Waals surface area contributed by atoms with Crippen LogP contribution in [0.25, 0.3) is 0 Å². The van der Waals surface area contributed by atoms with E-state index in [4.69, 9.17) is 4.74 Å². The van der Waals surface area contributed by atoms with Gasteiger partial charge in [0.05, 0.1) is 5.56 Å². The molecule has 5 nitrogen and oxygen atoms in total. The van der Waals surface area contributed by atoms with Crippen molar-refractivity contribution in [2.45, 2.75) is 25.8 Å². The molecule has 0 aromatic heterocycles. The molecular formula is C21H24N2O3. The Hall–Kier alpha value is -2.82. The van der Waals surface area contributed by atoms with E-state index in [1.807, 2.05) is 35.2 Å². The molecule has 1 aliphatic heterocycles. The summed E-state index contributed by atoms with van der Waals surface area (Å²) in [7, 11) is 0. The molecule has 2 aromatic rings. The second kappa shape index (κ2) is 9.04. The van der Waals surface area contributed by atoms with Gasteiger partial charge in [0.1, 0.15) is 5.75 Å². The Morgan fingerprint density at radius 1 is 0.923 bits per heavy atom. The number of nitrogens with zero attached hydrogens (tertiary/aromatic N) is 1. The van der Waals surface area contributed by atoms with Crippen LogP contribution in [-0.2, 0) is 11.3 Å². The van der Waals surface area contributed by atoms with Crippen LogP contribution in [0.3, 0.4) is 0 Å². The maximum absolute atomic E-state index is 12.5. The van der Waals surface area contributed by atoms with E-state index in [1.54, 1.807) is 24.3 Å². The largest absolute Gasteiger partial charge is 0.483 e. The fraction of sp³-hybridized carbons (Fsp3) is 0.333. The molecule has 26 heavy (non-hydrogen) atoms.